The highest BCUT2D eigenvalue weighted by molar-refractivity contribution is 5.95. The summed E-state index contributed by atoms with van der Waals surface area (Å²) in [5, 5.41) is 7.16. The van der Waals surface area contributed by atoms with Crippen molar-refractivity contribution in [1.82, 2.24) is 19.6 Å². The number of benzene rings is 1. The minimum atomic E-state index is -0.361. The predicted octanol–water partition coefficient (Wildman–Crippen LogP) is 2.39. The molecule has 150 valence electrons. The second-order valence-electron chi connectivity index (χ2n) is 7.26. The quantitative estimate of drug-likeness (QED) is 0.855. The Labute approximate surface area is 164 Å². The van der Waals surface area contributed by atoms with Gasteiger partial charge in [0.2, 0.25) is 5.91 Å². The molecule has 1 atom stereocenters. The summed E-state index contributed by atoms with van der Waals surface area (Å²) in [4.78, 5) is 29.0. The number of aromatic nitrogens is 2. The lowest BCUT2D eigenvalue weighted by atomic mass is 10.1. The van der Waals surface area contributed by atoms with Crippen molar-refractivity contribution < 1.29 is 14.0 Å². The van der Waals surface area contributed by atoms with E-state index in [4.69, 9.17) is 0 Å². The first kappa shape index (κ1) is 20.0. The molecule has 1 saturated heterocycles. The van der Waals surface area contributed by atoms with Gasteiger partial charge in [0, 0.05) is 43.9 Å². The van der Waals surface area contributed by atoms with Crippen molar-refractivity contribution in [3.63, 3.8) is 0 Å². The van der Waals surface area contributed by atoms with Crippen molar-refractivity contribution in [2.45, 2.75) is 32.9 Å². The van der Waals surface area contributed by atoms with Crippen molar-refractivity contribution in [3.05, 3.63) is 47.9 Å². The molecule has 2 aromatic rings. The number of carbonyl (C=O) groups excluding carboxylic acids is 2. The van der Waals surface area contributed by atoms with Crippen LogP contribution >= 0.6 is 0 Å². The van der Waals surface area contributed by atoms with Gasteiger partial charge in [-0.25, -0.2) is 9.07 Å². The predicted molar refractivity (Wildman–Crippen MR) is 105 cm³/mol. The van der Waals surface area contributed by atoms with E-state index in [0.29, 0.717) is 37.6 Å². The molecule has 3 rings (SSSR count). The van der Waals surface area contributed by atoms with Crippen LogP contribution in [-0.2, 0) is 4.79 Å². The molecular formula is C20H26FN5O2. The largest absolute Gasteiger partial charge is 0.336 e. The Morgan fingerprint density at radius 2 is 1.68 bits per heavy atom. The monoisotopic (exact) mass is 387 g/mol. The SMILES string of the molecule is CC(C(=O)Nc1ccnn1C(C)C)N1CCN(C(=O)c2ccc(F)cc2)CC1. The Kier molecular flexibility index (Phi) is 6.08. The lowest BCUT2D eigenvalue weighted by Crippen LogP contribution is -2.54. The molecule has 2 heterocycles. The molecular weight excluding hydrogens is 361 g/mol. The van der Waals surface area contributed by atoms with Crippen molar-refractivity contribution in [2.24, 2.45) is 0 Å². The van der Waals surface area contributed by atoms with Crippen LogP contribution in [-0.4, -0.2) is 63.6 Å². The van der Waals surface area contributed by atoms with E-state index in [1.165, 1.54) is 24.3 Å². The third-order valence-corrected chi connectivity index (χ3v) is 5.03. The summed E-state index contributed by atoms with van der Waals surface area (Å²) in [6.07, 6.45) is 1.67. The fourth-order valence-electron chi connectivity index (χ4n) is 3.31. The summed E-state index contributed by atoms with van der Waals surface area (Å²) >= 11 is 0. The smallest absolute Gasteiger partial charge is 0.253 e. The van der Waals surface area contributed by atoms with E-state index in [9.17, 15) is 14.0 Å². The first-order chi connectivity index (χ1) is 13.4. The van der Waals surface area contributed by atoms with Gasteiger partial charge in [0.15, 0.2) is 0 Å². The molecule has 1 fully saturated rings. The number of nitrogens with zero attached hydrogens (tertiary/aromatic N) is 4. The molecule has 0 saturated carbocycles. The standard InChI is InChI=1S/C20H26FN5O2/c1-14(2)26-18(8-9-22-26)23-19(27)15(3)24-10-12-25(13-11-24)20(28)16-4-6-17(21)7-5-16/h4-9,14-15H,10-13H2,1-3H3,(H,23,27). The maximum absolute atomic E-state index is 13.0. The Morgan fingerprint density at radius 1 is 1.04 bits per heavy atom. The van der Waals surface area contributed by atoms with Crippen LogP contribution in [0.15, 0.2) is 36.5 Å². The molecule has 0 aliphatic carbocycles. The highest BCUT2D eigenvalue weighted by Gasteiger charge is 2.28. The molecule has 0 bridgehead atoms. The summed E-state index contributed by atoms with van der Waals surface area (Å²) < 4.78 is 14.8. The van der Waals surface area contributed by atoms with Crippen LogP contribution in [0.1, 0.15) is 37.2 Å². The summed E-state index contributed by atoms with van der Waals surface area (Å²) in [6.45, 7) is 8.13. The van der Waals surface area contributed by atoms with E-state index in [0.717, 1.165) is 0 Å². The molecule has 8 heteroatoms. The summed E-state index contributed by atoms with van der Waals surface area (Å²) in [5.41, 5.74) is 0.475. The number of piperazine rings is 1. The van der Waals surface area contributed by atoms with E-state index < -0.39 is 0 Å². The van der Waals surface area contributed by atoms with Crippen LogP contribution in [0.4, 0.5) is 10.2 Å². The third kappa shape index (κ3) is 4.39. The van der Waals surface area contributed by atoms with E-state index in [1.54, 1.807) is 21.8 Å². The number of carbonyl (C=O) groups is 2. The number of amides is 2. The highest BCUT2D eigenvalue weighted by Crippen LogP contribution is 2.16. The van der Waals surface area contributed by atoms with Gasteiger partial charge in [0.25, 0.3) is 5.91 Å². The number of halogens is 1. The molecule has 2 amide bonds. The number of rotatable bonds is 5. The van der Waals surface area contributed by atoms with Gasteiger partial charge in [-0.3, -0.25) is 14.5 Å². The Morgan fingerprint density at radius 3 is 2.29 bits per heavy atom. The average molecular weight is 387 g/mol. The van der Waals surface area contributed by atoms with Gasteiger partial charge >= 0.3 is 0 Å². The maximum Gasteiger partial charge on any atom is 0.253 e. The first-order valence-electron chi connectivity index (χ1n) is 9.50. The minimum Gasteiger partial charge on any atom is -0.336 e. The third-order valence-electron chi connectivity index (χ3n) is 5.03. The van der Waals surface area contributed by atoms with Gasteiger partial charge in [-0.05, 0) is 45.0 Å². The van der Waals surface area contributed by atoms with E-state index in [-0.39, 0.29) is 29.7 Å². The molecule has 7 nitrogen and oxygen atoms in total. The molecule has 28 heavy (non-hydrogen) atoms. The van der Waals surface area contributed by atoms with Crippen LogP contribution < -0.4 is 5.32 Å². The molecule has 1 aliphatic heterocycles. The normalized spacial score (nSPS) is 16.2. The van der Waals surface area contributed by atoms with Crippen molar-refractivity contribution in [3.8, 4) is 0 Å². The molecule has 0 radical (unpaired) electrons. The van der Waals surface area contributed by atoms with Gasteiger partial charge in [-0.2, -0.15) is 5.10 Å². The number of anilines is 1. The van der Waals surface area contributed by atoms with Crippen LogP contribution in [0.3, 0.4) is 0 Å². The summed E-state index contributed by atoms with van der Waals surface area (Å²) in [5.74, 6) is 0.107. The average Bonchev–Trinajstić information content (AvgIpc) is 3.16. The van der Waals surface area contributed by atoms with E-state index >= 15 is 0 Å². The minimum absolute atomic E-state index is 0.0966. The summed E-state index contributed by atoms with van der Waals surface area (Å²) in [6, 6.07) is 7.19. The molecule has 1 aromatic carbocycles. The number of hydrogen-bond acceptors (Lipinski definition) is 4. The Balaban J connectivity index is 1.55. The first-order valence-corrected chi connectivity index (χ1v) is 9.50. The van der Waals surface area contributed by atoms with Gasteiger partial charge in [0.1, 0.15) is 11.6 Å². The van der Waals surface area contributed by atoms with Crippen molar-refractivity contribution >= 4 is 17.6 Å². The zero-order valence-electron chi connectivity index (χ0n) is 16.4. The highest BCUT2D eigenvalue weighted by atomic mass is 19.1. The molecule has 1 N–H and O–H groups in total. The molecule has 0 spiro atoms. The zero-order chi connectivity index (χ0) is 20.3. The maximum atomic E-state index is 13.0. The second kappa shape index (κ2) is 8.52. The summed E-state index contributed by atoms with van der Waals surface area (Å²) in [7, 11) is 0. The number of nitrogens with one attached hydrogen (secondary N) is 1. The van der Waals surface area contributed by atoms with Crippen LogP contribution in [0.2, 0.25) is 0 Å². The topological polar surface area (TPSA) is 70.5 Å². The molecule has 1 aromatic heterocycles. The van der Waals surface area contributed by atoms with Gasteiger partial charge < -0.3 is 10.2 Å². The second-order valence-corrected chi connectivity index (χ2v) is 7.26. The van der Waals surface area contributed by atoms with E-state index in [1.807, 2.05) is 20.8 Å². The van der Waals surface area contributed by atoms with Crippen LogP contribution in [0.25, 0.3) is 0 Å². The van der Waals surface area contributed by atoms with Gasteiger partial charge in [0.05, 0.1) is 12.2 Å². The van der Waals surface area contributed by atoms with Crippen LogP contribution in [0, 0.1) is 5.82 Å². The van der Waals surface area contributed by atoms with Gasteiger partial charge in [-0.1, -0.05) is 0 Å². The Hall–Kier alpha value is -2.74. The van der Waals surface area contributed by atoms with Crippen LogP contribution in [0.5, 0.6) is 0 Å². The molecule has 1 unspecified atom stereocenters. The lowest BCUT2D eigenvalue weighted by molar-refractivity contribution is -0.121. The Bertz CT molecular complexity index is 825. The van der Waals surface area contributed by atoms with E-state index in [2.05, 4.69) is 15.3 Å². The van der Waals surface area contributed by atoms with Gasteiger partial charge in [-0.15, -0.1) is 0 Å². The fraction of sp³-hybridized carbons (Fsp3) is 0.450. The lowest BCUT2D eigenvalue weighted by Gasteiger charge is -2.37. The number of hydrogen-bond donors (Lipinski definition) is 1. The molecule has 1 aliphatic rings. The van der Waals surface area contributed by atoms with Crippen molar-refractivity contribution in [2.75, 3.05) is 31.5 Å². The zero-order valence-corrected chi connectivity index (χ0v) is 16.4. The van der Waals surface area contributed by atoms with Crippen molar-refractivity contribution in [1.29, 1.82) is 0 Å². The fourth-order valence-corrected chi connectivity index (χ4v) is 3.31.